The van der Waals surface area contributed by atoms with Crippen LogP contribution >= 0.6 is 0 Å². The van der Waals surface area contributed by atoms with Gasteiger partial charge in [-0.1, -0.05) is 41.5 Å². The van der Waals surface area contributed by atoms with Crippen molar-refractivity contribution in [2.45, 2.75) is 103 Å². The third-order valence-corrected chi connectivity index (χ3v) is 14.9. The molecule has 0 amide bonds. The van der Waals surface area contributed by atoms with Gasteiger partial charge in [0.2, 0.25) is 0 Å². The lowest BCUT2D eigenvalue weighted by Gasteiger charge is -2.40. The van der Waals surface area contributed by atoms with Gasteiger partial charge in [0.05, 0.1) is 6.26 Å². The number of ether oxygens (including phenoxy) is 3. The highest BCUT2D eigenvalue weighted by Gasteiger charge is 2.42. The molecule has 1 heterocycles. The summed E-state index contributed by atoms with van der Waals surface area (Å²) in [5, 5.41) is 0.106. The first kappa shape index (κ1) is 25.7. The predicted octanol–water partition coefficient (Wildman–Crippen LogP) is 6.68. The van der Waals surface area contributed by atoms with Crippen LogP contribution in [0.25, 0.3) is 0 Å². The molecular weight excluding hydrogens is 400 g/mol. The highest BCUT2D eigenvalue weighted by Crippen LogP contribution is 2.39. The van der Waals surface area contributed by atoms with E-state index in [1.807, 2.05) is 13.0 Å². The minimum atomic E-state index is -2.04. The maximum atomic E-state index is 6.17. The van der Waals surface area contributed by atoms with Crippen LogP contribution in [-0.4, -0.2) is 34.9 Å². The normalized spacial score (nSPS) is 23.1. The summed E-state index contributed by atoms with van der Waals surface area (Å²) in [6.45, 7) is 31.6. The molecular formula is C22H42O5Si2. The first-order valence-electron chi connectivity index (χ1n) is 10.3. The summed E-state index contributed by atoms with van der Waals surface area (Å²) in [5.74, 6) is 0.613. The Kier molecular flexibility index (Phi) is 7.79. The Hall–Kier alpha value is -1.35. The molecule has 29 heavy (non-hydrogen) atoms. The van der Waals surface area contributed by atoms with E-state index in [0.29, 0.717) is 11.9 Å². The van der Waals surface area contributed by atoms with Gasteiger partial charge in [-0.25, -0.2) is 0 Å². The standard InChI is InChI=1S/C22H42O5Si2/c1-16-20(25-18(3)27-29(12,13)22(7,8)9)19(14-15-23-16)24-17(2)26-28(10,11)21(4,5)6/h14-16,19-20H,2-3H2,1,4-13H3/t16-,19+,20-/m0/s1. The van der Waals surface area contributed by atoms with Crippen LogP contribution in [0.1, 0.15) is 48.5 Å². The van der Waals surface area contributed by atoms with E-state index in [1.54, 1.807) is 6.26 Å². The summed E-state index contributed by atoms with van der Waals surface area (Å²) in [7, 11) is -4.08. The van der Waals surface area contributed by atoms with Gasteiger partial charge in [0.15, 0.2) is 12.2 Å². The zero-order valence-corrected chi connectivity index (χ0v) is 22.3. The SMILES string of the molecule is C=C(O[C@H]1[C@H](C)OC=C[C@H]1OC(=C)O[Si](C)(C)C(C)(C)C)O[Si](C)(C)C(C)(C)C. The van der Waals surface area contributed by atoms with Gasteiger partial charge >= 0.3 is 0 Å². The quantitative estimate of drug-likeness (QED) is 0.310. The van der Waals surface area contributed by atoms with Gasteiger partial charge in [0.25, 0.3) is 28.5 Å². The van der Waals surface area contributed by atoms with Gasteiger partial charge in [0, 0.05) is 0 Å². The number of hydrogen-bond donors (Lipinski definition) is 0. The Morgan fingerprint density at radius 3 is 1.66 bits per heavy atom. The molecule has 7 heteroatoms. The van der Waals surface area contributed by atoms with E-state index in [4.69, 9.17) is 23.1 Å². The molecule has 0 spiro atoms. The third-order valence-electron chi connectivity index (χ3n) is 6.23. The summed E-state index contributed by atoms with van der Waals surface area (Å²) in [6, 6.07) is 0. The topological polar surface area (TPSA) is 46.2 Å². The summed E-state index contributed by atoms with van der Waals surface area (Å²) in [6.07, 6.45) is 2.38. The van der Waals surface area contributed by atoms with Gasteiger partial charge in [-0.2, -0.15) is 0 Å². The van der Waals surface area contributed by atoms with Crippen molar-refractivity contribution in [1.82, 2.24) is 0 Å². The molecule has 0 aromatic carbocycles. The van der Waals surface area contributed by atoms with Gasteiger partial charge in [-0.3, -0.25) is 0 Å². The van der Waals surface area contributed by atoms with Gasteiger partial charge in [-0.15, -0.1) is 0 Å². The fourth-order valence-electron chi connectivity index (χ4n) is 2.20. The zero-order valence-electron chi connectivity index (χ0n) is 20.3. The van der Waals surface area contributed by atoms with Crippen molar-refractivity contribution in [1.29, 1.82) is 0 Å². The van der Waals surface area contributed by atoms with Crippen molar-refractivity contribution in [3.05, 3.63) is 37.4 Å². The monoisotopic (exact) mass is 442 g/mol. The van der Waals surface area contributed by atoms with E-state index in [-0.39, 0.29) is 16.2 Å². The van der Waals surface area contributed by atoms with Crippen LogP contribution in [-0.2, 0) is 23.1 Å². The summed E-state index contributed by atoms with van der Waals surface area (Å²) < 4.78 is 30.1. The summed E-state index contributed by atoms with van der Waals surface area (Å²) >= 11 is 0. The van der Waals surface area contributed by atoms with Crippen LogP contribution in [0.2, 0.25) is 36.3 Å². The first-order valence-corrected chi connectivity index (χ1v) is 16.1. The molecule has 1 aliphatic rings. The summed E-state index contributed by atoms with van der Waals surface area (Å²) in [5.41, 5.74) is 0. The molecule has 0 fully saturated rings. The minimum Gasteiger partial charge on any atom is -0.519 e. The number of hydrogen-bond acceptors (Lipinski definition) is 5. The second-order valence-electron chi connectivity index (χ2n) is 10.8. The molecule has 0 saturated heterocycles. The fourth-order valence-corrected chi connectivity index (χ4v) is 4.04. The molecule has 5 nitrogen and oxygen atoms in total. The van der Waals surface area contributed by atoms with E-state index < -0.39 is 28.8 Å². The van der Waals surface area contributed by atoms with Crippen LogP contribution in [0.3, 0.4) is 0 Å². The molecule has 0 bridgehead atoms. The second kappa shape index (κ2) is 8.80. The Morgan fingerprint density at radius 2 is 1.24 bits per heavy atom. The van der Waals surface area contributed by atoms with Crippen molar-refractivity contribution in [3.8, 4) is 0 Å². The lowest BCUT2D eigenvalue weighted by atomic mass is 10.1. The first-order chi connectivity index (χ1) is 12.9. The molecule has 0 saturated carbocycles. The van der Waals surface area contributed by atoms with Gasteiger partial charge < -0.3 is 23.1 Å². The van der Waals surface area contributed by atoms with Crippen molar-refractivity contribution in [2.24, 2.45) is 0 Å². The van der Waals surface area contributed by atoms with Crippen molar-refractivity contribution < 1.29 is 23.1 Å². The van der Waals surface area contributed by atoms with Gasteiger partial charge in [-0.05, 0) is 62.4 Å². The molecule has 0 aromatic heterocycles. The Balaban J connectivity index is 2.85. The van der Waals surface area contributed by atoms with Crippen LogP contribution in [0.5, 0.6) is 0 Å². The molecule has 1 aliphatic heterocycles. The predicted molar refractivity (Wildman–Crippen MR) is 124 cm³/mol. The molecule has 0 radical (unpaired) electrons. The average molecular weight is 443 g/mol. The highest BCUT2D eigenvalue weighted by molar-refractivity contribution is 6.74. The summed E-state index contributed by atoms with van der Waals surface area (Å²) in [4.78, 5) is 0. The van der Waals surface area contributed by atoms with Crippen molar-refractivity contribution >= 4 is 16.6 Å². The molecule has 3 atom stereocenters. The van der Waals surface area contributed by atoms with Crippen LogP contribution < -0.4 is 0 Å². The lowest BCUT2D eigenvalue weighted by molar-refractivity contribution is -0.112. The number of rotatable bonds is 8. The molecule has 1 rings (SSSR count). The smallest absolute Gasteiger partial charge is 0.258 e. The maximum Gasteiger partial charge on any atom is 0.258 e. The average Bonchev–Trinajstić information content (AvgIpc) is 2.47. The lowest BCUT2D eigenvalue weighted by Crippen LogP contribution is -2.45. The molecule has 168 valence electrons. The van der Waals surface area contributed by atoms with E-state index in [9.17, 15) is 0 Å². The highest BCUT2D eigenvalue weighted by atomic mass is 28.4. The Bertz CT molecular complexity index is 626. The van der Waals surface area contributed by atoms with Crippen LogP contribution in [0.4, 0.5) is 0 Å². The van der Waals surface area contributed by atoms with Gasteiger partial charge in [0.1, 0.15) is 6.10 Å². The van der Waals surface area contributed by atoms with Crippen molar-refractivity contribution in [2.75, 3.05) is 0 Å². The third kappa shape index (κ3) is 6.84. The van der Waals surface area contributed by atoms with E-state index in [2.05, 4.69) is 80.9 Å². The second-order valence-corrected chi connectivity index (χ2v) is 20.3. The van der Waals surface area contributed by atoms with E-state index >= 15 is 0 Å². The van der Waals surface area contributed by atoms with E-state index in [1.165, 1.54) is 0 Å². The molecule has 0 aliphatic carbocycles. The maximum absolute atomic E-state index is 6.17. The zero-order chi connectivity index (χ0) is 22.8. The minimum absolute atomic E-state index is 0.0507. The van der Waals surface area contributed by atoms with E-state index in [0.717, 1.165) is 0 Å². The Morgan fingerprint density at radius 1 is 0.828 bits per heavy atom. The molecule has 0 aromatic rings. The molecule has 0 unspecified atom stereocenters. The Labute approximate surface area is 180 Å². The van der Waals surface area contributed by atoms with Crippen molar-refractivity contribution in [3.63, 3.8) is 0 Å². The molecule has 0 N–H and O–H groups in total. The van der Waals surface area contributed by atoms with Crippen LogP contribution in [0, 0.1) is 0 Å². The largest absolute Gasteiger partial charge is 0.519 e. The van der Waals surface area contributed by atoms with Crippen LogP contribution in [0.15, 0.2) is 37.4 Å². The fraction of sp³-hybridized carbons (Fsp3) is 0.727.